The fourth-order valence-electron chi connectivity index (χ4n) is 2.74. The third-order valence-electron chi connectivity index (χ3n) is 3.79. The van der Waals surface area contributed by atoms with Crippen LogP contribution < -0.4 is 0 Å². The second-order valence-electron chi connectivity index (χ2n) is 4.92. The van der Waals surface area contributed by atoms with E-state index < -0.39 is 16.4 Å². The van der Waals surface area contributed by atoms with Crippen molar-refractivity contribution in [1.82, 2.24) is 0 Å². The molecule has 0 spiro atoms. The Morgan fingerprint density at radius 3 is 2.22 bits per heavy atom. The van der Waals surface area contributed by atoms with Crippen LogP contribution >= 0.6 is 11.6 Å². The van der Waals surface area contributed by atoms with E-state index in [0.29, 0.717) is 18.4 Å². The molecule has 3 nitrogen and oxygen atoms in total. The summed E-state index contributed by atoms with van der Waals surface area (Å²) >= 11 is 6.37. The van der Waals surface area contributed by atoms with Crippen LogP contribution in [0.1, 0.15) is 37.7 Å². The molecule has 0 aliphatic heterocycles. The maximum atomic E-state index is 11.6. The molecule has 1 unspecified atom stereocenters. The smallest absolute Gasteiger partial charge is 0.332 e. The first-order valence-electron chi connectivity index (χ1n) is 6.21. The van der Waals surface area contributed by atoms with Crippen LogP contribution in [0.4, 0.5) is 0 Å². The summed E-state index contributed by atoms with van der Waals surface area (Å²) in [6.45, 7) is 0. The van der Waals surface area contributed by atoms with Gasteiger partial charge in [-0.2, -0.15) is 0 Å². The third kappa shape index (κ3) is 2.02. The molecule has 98 valence electrons. The van der Waals surface area contributed by atoms with Crippen molar-refractivity contribution in [3.05, 3.63) is 35.9 Å². The Bertz CT molecular complexity index is 426. The number of rotatable bonds is 3. The quantitative estimate of drug-likeness (QED) is 0.829. The summed E-state index contributed by atoms with van der Waals surface area (Å²) < 4.78 is 0. The molecule has 2 rings (SSSR count). The number of alkyl halides is 1. The Morgan fingerprint density at radius 1 is 1.17 bits per heavy atom. The largest absolute Gasteiger partial charge is 0.480 e. The molecule has 1 atom stereocenters. The van der Waals surface area contributed by atoms with Crippen LogP contribution in [-0.2, 0) is 9.67 Å². The average Bonchev–Trinajstić information content (AvgIpc) is 2.39. The summed E-state index contributed by atoms with van der Waals surface area (Å²) in [6, 6.07) is 8.60. The van der Waals surface area contributed by atoms with Crippen LogP contribution in [0.25, 0.3) is 0 Å². The summed E-state index contributed by atoms with van der Waals surface area (Å²) in [5.74, 6) is -1.18. The van der Waals surface area contributed by atoms with Gasteiger partial charge in [-0.15, -0.1) is 0 Å². The number of benzene rings is 1. The first-order valence-corrected chi connectivity index (χ1v) is 6.59. The number of hydrogen-bond donors (Lipinski definition) is 2. The molecule has 0 heterocycles. The summed E-state index contributed by atoms with van der Waals surface area (Å²) in [7, 11) is 0. The molecule has 0 radical (unpaired) electrons. The molecule has 1 aliphatic carbocycles. The maximum Gasteiger partial charge on any atom is 0.332 e. The maximum absolute atomic E-state index is 11.6. The van der Waals surface area contributed by atoms with Crippen molar-refractivity contribution in [1.29, 1.82) is 0 Å². The Kier molecular flexibility index (Phi) is 3.64. The van der Waals surface area contributed by atoms with Gasteiger partial charge in [0.05, 0.1) is 5.60 Å². The summed E-state index contributed by atoms with van der Waals surface area (Å²) in [5, 5.41) is 20.2. The zero-order valence-electron chi connectivity index (χ0n) is 10.1. The molecule has 0 amide bonds. The van der Waals surface area contributed by atoms with Gasteiger partial charge in [0.1, 0.15) is 0 Å². The monoisotopic (exact) mass is 268 g/mol. The molecule has 1 saturated carbocycles. The second kappa shape index (κ2) is 4.90. The zero-order valence-corrected chi connectivity index (χ0v) is 10.9. The van der Waals surface area contributed by atoms with Crippen LogP contribution in [0, 0.1) is 0 Å². The van der Waals surface area contributed by atoms with E-state index in [9.17, 15) is 15.0 Å². The van der Waals surface area contributed by atoms with Crippen LogP contribution in [-0.4, -0.2) is 21.8 Å². The lowest BCUT2D eigenvalue weighted by atomic mass is 9.72. The van der Waals surface area contributed by atoms with E-state index in [-0.39, 0.29) is 0 Å². The SMILES string of the molecule is O=C(O)C(Cl)(c1ccccc1)C1(O)CCCCC1. The van der Waals surface area contributed by atoms with Crippen molar-refractivity contribution in [2.24, 2.45) is 0 Å². The molecule has 1 aliphatic rings. The summed E-state index contributed by atoms with van der Waals surface area (Å²) in [4.78, 5) is 9.88. The molecular weight excluding hydrogens is 252 g/mol. The van der Waals surface area contributed by atoms with Crippen LogP contribution in [0.5, 0.6) is 0 Å². The van der Waals surface area contributed by atoms with Gasteiger partial charge in [-0.1, -0.05) is 61.2 Å². The molecular formula is C14H17ClO3. The third-order valence-corrected chi connectivity index (χ3v) is 4.52. The molecule has 2 N–H and O–H groups in total. The van der Waals surface area contributed by atoms with Crippen molar-refractivity contribution in [2.75, 3.05) is 0 Å². The van der Waals surface area contributed by atoms with Crippen LogP contribution in [0.3, 0.4) is 0 Å². The Morgan fingerprint density at radius 2 is 1.72 bits per heavy atom. The molecule has 0 saturated heterocycles. The zero-order chi connectivity index (χ0) is 13.2. The minimum Gasteiger partial charge on any atom is -0.480 e. The number of carboxylic acids is 1. The summed E-state index contributed by atoms with van der Waals surface area (Å²) in [6.07, 6.45) is 3.50. The highest BCUT2D eigenvalue weighted by Gasteiger charge is 2.56. The van der Waals surface area contributed by atoms with E-state index in [0.717, 1.165) is 19.3 Å². The van der Waals surface area contributed by atoms with Gasteiger partial charge < -0.3 is 10.2 Å². The van der Waals surface area contributed by atoms with Crippen molar-refractivity contribution in [3.63, 3.8) is 0 Å². The van der Waals surface area contributed by atoms with E-state index >= 15 is 0 Å². The second-order valence-corrected chi connectivity index (χ2v) is 5.49. The van der Waals surface area contributed by atoms with Crippen molar-refractivity contribution in [3.8, 4) is 0 Å². The van der Waals surface area contributed by atoms with Gasteiger partial charge >= 0.3 is 5.97 Å². The molecule has 0 aromatic heterocycles. The molecule has 1 aromatic carbocycles. The van der Waals surface area contributed by atoms with Crippen LogP contribution in [0.15, 0.2) is 30.3 Å². The first kappa shape index (κ1) is 13.4. The molecule has 18 heavy (non-hydrogen) atoms. The number of aliphatic carboxylic acids is 1. The standard InChI is InChI=1S/C14H17ClO3/c15-14(12(16)17,11-7-3-1-4-8-11)13(18)9-5-2-6-10-13/h1,3-4,7-8,18H,2,5-6,9-10H2,(H,16,17). The Labute approximate surface area is 111 Å². The molecule has 1 aromatic rings. The highest BCUT2D eigenvalue weighted by molar-refractivity contribution is 6.34. The van der Waals surface area contributed by atoms with Gasteiger partial charge in [-0.25, -0.2) is 4.79 Å². The van der Waals surface area contributed by atoms with Gasteiger partial charge in [0.15, 0.2) is 4.87 Å². The van der Waals surface area contributed by atoms with Crippen molar-refractivity contribution in [2.45, 2.75) is 42.6 Å². The van der Waals surface area contributed by atoms with Gasteiger partial charge in [0, 0.05) is 0 Å². The lowest BCUT2D eigenvalue weighted by Gasteiger charge is -2.42. The topological polar surface area (TPSA) is 57.5 Å². The minimum atomic E-state index is -1.76. The fourth-order valence-corrected chi connectivity index (χ4v) is 3.06. The van der Waals surface area contributed by atoms with Crippen LogP contribution in [0.2, 0.25) is 0 Å². The number of hydrogen-bond acceptors (Lipinski definition) is 2. The molecule has 1 fully saturated rings. The lowest BCUT2D eigenvalue weighted by Crippen LogP contribution is -2.54. The number of carboxylic acid groups (broad SMARTS) is 1. The van der Waals surface area contributed by atoms with E-state index in [4.69, 9.17) is 11.6 Å². The minimum absolute atomic E-state index is 0.428. The number of aliphatic hydroxyl groups is 1. The fraction of sp³-hybridized carbons (Fsp3) is 0.500. The number of halogens is 1. The Balaban J connectivity index is 2.47. The normalized spacial score (nSPS) is 22.1. The van der Waals surface area contributed by atoms with E-state index in [1.807, 2.05) is 0 Å². The molecule has 0 bridgehead atoms. The highest BCUT2D eigenvalue weighted by atomic mass is 35.5. The van der Waals surface area contributed by atoms with E-state index in [2.05, 4.69) is 0 Å². The summed E-state index contributed by atoms with van der Waals surface area (Å²) in [5.41, 5.74) is -0.927. The van der Waals surface area contributed by atoms with Crippen molar-refractivity contribution < 1.29 is 15.0 Å². The van der Waals surface area contributed by atoms with Crippen molar-refractivity contribution >= 4 is 17.6 Å². The average molecular weight is 269 g/mol. The predicted molar refractivity (Wildman–Crippen MR) is 69.6 cm³/mol. The van der Waals surface area contributed by atoms with Gasteiger partial charge in [-0.05, 0) is 18.4 Å². The van der Waals surface area contributed by atoms with E-state index in [1.54, 1.807) is 30.3 Å². The predicted octanol–water partition coefficient (Wildman–Crippen LogP) is 2.90. The van der Waals surface area contributed by atoms with Gasteiger partial charge in [0.2, 0.25) is 0 Å². The van der Waals surface area contributed by atoms with E-state index in [1.165, 1.54) is 0 Å². The lowest BCUT2D eigenvalue weighted by molar-refractivity contribution is -0.151. The van der Waals surface area contributed by atoms with Gasteiger partial charge in [0.25, 0.3) is 0 Å². The highest BCUT2D eigenvalue weighted by Crippen LogP contribution is 2.47. The molecule has 4 heteroatoms. The Hall–Kier alpha value is -1.06. The number of carbonyl (C=O) groups is 1. The van der Waals surface area contributed by atoms with Gasteiger partial charge in [-0.3, -0.25) is 0 Å². The first-order chi connectivity index (χ1) is 8.51.